The van der Waals surface area contributed by atoms with Crippen LogP contribution in [0.5, 0.6) is 0 Å². The molecule has 100 valence electrons. The zero-order chi connectivity index (χ0) is 13.1. The summed E-state index contributed by atoms with van der Waals surface area (Å²) in [6, 6.07) is 0. The molecule has 0 bridgehead atoms. The van der Waals surface area contributed by atoms with E-state index in [9.17, 15) is 4.79 Å². The number of piperidine rings is 1. The van der Waals surface area contributed by atoms with Crippen LogP contribution in [0.3, 0.4) is 0 Å². The first-order valence-corrected chi connectivity index (χ1v) is 7.33. The summed E-state index contributed by atoms with van der Waals surface area (Å²) in [5.41, 5.74) is 0.784. The van der Waals surface area contributed by atoms with Crippen LogP contribution < -0.4 is 4.90 Å². The van der Waals surface area contributed by atoms with Gasteiger partial charge in [0, 0.05) is 13.1 Å². The standard InChI is InChI=1S/C13H20N2O2S/c1-4-17-12(16)11-10(3)14-13(18-11)15-7-5-9(2)6-8-15/h9H,4-8H2,1-3H3. The quantitative estimate of drug-likeness (QED) is 0.791. The highest BCUT2D eigenvalue weighted by molar-refractivity contribution is 7.17. The Morgan fingerprint density at radius 1 is 1.50 bits per heavy atom. The van der Waals surface area contributed by atoms with E-state index < -0.39 is 0 Å². The average Bonchev–Trinajstić information content (AvgIpc) is 2.72. The van der Waals surface area contributed by atoms with Crippen LogP contribution >= 0.6 is 11.3 Å². The fourth-order valence-electron chi connectivity index (χ4n) is 2.10. The molecule has 0 amide bonds. The van der Waals surface area contributed by atoms with Crippen molar-refractivity contribution < 1.29 is 9.53 Å². The van der Waals surface area contributed by atoms with Gasteiger partial charge >= 0.3 is 5.97 Å². The number of esters is 1. The summed E-state index contributed by atoms with van der Waals surface area (Å²) in [4.78, 5) is 19.2. The molecule has 0 spiro atoms. The summed E-state index contributed by atoms with van der Waals surface area (Å²) >= 11 is 1.46. The van der Waals surface area contributed by atoms with E-state index in [2.05, 4.69) is 16.8 Å². The van der Waals surface area contributed by atoms with E-state index in [0.29, 0.717) is 11.5 Å². The van der Waals surface area contributed by atoms with Crippen LogP contribution in [-0.4, -0.2) is 30.6 Å². The van der Waals surface area contributed by atoms with Gasteiger partial charge in [-0.3, -0.25) is 0 Å². The Hall–Kier alpha value is -1.10. The van der Waals surface area contributed by atoms with Crippen molar-refractivity contribution in [1.29, 1.82) is 0 Å². The Morgan fingerprint density at radius 2 is 2.17 bits per heavy atom. The third kappa shape index (κ3) is 2.83. The van der Waals surface area contributed by atoms with Crippen LogP contribution in [0.4, 0.5) is 5.13 Å². The number of anilines is 1. The summed E-state index contributed by atoms with van der Waals surface area (Å²) in [6.45, 7) is 8.47. The van der Waals surface area contributed by atoms with Gasteiger partial charge in [0.2, 0.25) is 0 Å². The first-order valence-electron chi connectivity index (χ1n) is 6.51. The third-order valence-electron chi connectivity index (χ3n) is 3.30. The molecule has 2 rings (SSSR count). The Balaban J connectivity index is 2.11. The van der Waals surface area contributed by atoms with Crippen molar-refractivity contribution in [3.05, 3.63) is 10.6 Å². The molecule has 4 nitrogen and oxygen atoms in total. The van der Waals surface area contributed by atoms with E-state index in [-0.39, 0.29) is 5.97 Å². The van der Waals surface area contributed by atoms with Crippen molar-refractivity contribution in [3.63, 3.8) is 0 Å². The van der Waals surface area contributed by atoms with Gasteiger partial charge < -0.3 is 9.64 Å². The van der Waals surface area contributed by atoms with Crippen molar-refractivity contribution in [3.8, 4) is 0 Å². The lowest BCUT2D eigenvalue weighted by Gasteiger charge is -2.29. The van der Waals surface area contributed by atoms with E-state index in [0.717, 1.165) is 29.8 Å². The second-order valence-electron chi connectivity index (χ2n) is 4.80. The minimum absolute atomic E-state index is 0.246. The minimum atomic E-state index is -0.246. The lowest BCUT2D eigenvalue weighted by molar-refractivity contribution is 0.0531. The van der Waals surface area contributed by atoms with Gasteiger partial charge in [0.15, 0.2) is 5.13 Å². The second kappa shape index (κ2) is 5.69. The molecule has 0 aromatic carbocycles. The van der Waals surface area contributed by atoms with Crippen LogP contribution in [0.15, 0.2) is 0 Å². The largest absolute Gasteiger partial charge is 0.462 e. The van der Waals surface area contributed by atoms with Gasteiger partial charge in [0.25, 0.3) is 0 Å². The van der Waals surface area contributed by atoms with Crippen molar-refractivity contribution in [2.75, 3.05) is 24.6 Å². The highest BCUT2D eigenvalue weighted by Crippen LogP contribution is 2.29. The Bertz CT molecular complexity index is 423. The van der Waals surface area contributed by atoms with Crippen LogP contribution in [0.2, 0.25) is 0 Å². The third-order valence-corrected chi connectivity index (χ3v) is 4.50. The predicted octanol–water partition coefficient (Wildman–Crippen LogP) is 2.86. The SMILES string of the molecule is CCOC(=O)c1sc(N2CCC(C)CC2)nc1C. The molecular formula is C13H20N2O2S. The van der Waals surface area contributed by atoms with Gasteiger partial charge in [-0.25, -0.2) is 9.78 Å². The van der Waals surface area contributed by atoms with E-state index in [1.54, 1.807) is 0 Å². The van der Waals surface area contributed by atoms with Crippen LogP contribution in [0, 0.1) is 12.8 Å². The van der Waals surface area contributed by atoms with E-state index >= 15 is 0 Å². The smallest absolute Gasteiger partial charge is 0.350 e. The fraction of sp³-hybridized carbons (Fsp3) is 0.692. The fourth-order valence-corrected chi connectivity index (χ4v) is 3.12. The number of aryl methyl sites for hydroxylation is 1. The molecule has 0 aliphatic carbocycles. The first-order chi connectivity index (χ1) is 8.61. The average molecular weight is 268 g/mol. The lowest BCUT2D eigenvalue weighted by atomic mass is 10.00. The highest BCUT2D eigenvalue weighted by Gasteiger charge is 2.22. The minimum Gasteiger partial charge on any atom is -0.462 e. The molecule has 0 radical (unpaired) electrons. The van der Waals surface area contributed by atoms with Gasteiger partial charge in [0.05, 0.1) is 12.3 Å². The molecule has 1 aromatic rings. The Labute approximate surface area is 112 Å². The van der Waals surface area contributed by atoms with Gasteiger partial charge in [-0.1, -0.05) is 18.3 Å². The van der Waals surface area contributed by atoms with Gasteiger partial charge in [-0.2, -0.15) is 0 Å². The molecular weight excluding hydrogens is 248 g/mol. The zero-order valence-electron chi connectivity index (χ0n) is 11.2. The Morgan fingerprint density at radius 3 is 2.78 bits per heavy atom. The predicted molar refractivity (Wildman–Crippen MR) is 73.4 cm³/mol. The monoisotopic (exact) mass is 268 g/mol. The van der Waals surface area contributed by atoms with E-state index in [4.69, 9.17) is 4.74 Å². The second-order valence-corrected chi connectivity index (χ2v) is 5.78. The molecule has 1 aliphatic heterocycles. The number of thiazole rings is 1. The number of hydrogen-bond acceptors (Lipinski definition) is 5. The number of aromatic nitrogens is 1. The summed E-state index contributed by atoms with van der Waals surface area (Å²) in [6.07, 6.45) is 2.40. The van der Waals surface area contributed by atoms with Gasteiger partial charge in [-0.05, 0) is 32.6 Å². The molecule has 0 N–H and O–H groups in total. The van der Waals surface area contributed by atoms with E-state index in [1.165, 1.54) is 24.2 Å². The molecule has 1 fully saturated rings. The number of rotatable bonds is 3. The van der Waals surface area contributed by atoms with Gasteiger partial charge in [0.1, 0.15) is 4.88 Å². The summed E-state index contributed by atoms with van der Waals surface area (Å²) < 4.78 is 5.04. The highest BCUT2D eigenvalue weighted by atomic mass is 32.1. The van der Waals surface area contributed by atoms with E-state index in [1.807, 2.05) is 13.8 Å². The molecule has 18 heavy (non-hydrogen) atoms. The maximum absolute atomic E-state index is 11.7. The number of nitrogens with zero attached hydrogens (tertiary/aromatic N) is 2. The van der Waals surface area contributed by atoms with Crippen molar-refractivity contribution in [1.82, 2.24) is 4.98 Å². The number of ether oxygens (including phenoxy) is 1. The Kier molecular flexibility index (Phi) is 4.22. The van der Waals surface area contributed by atoms with Crippen LogP contribution in [0.1, 0.15) is 42.1 Å². The molecule has 1 aromatic heterocycles. The number of carbonyl (C=O) groups is 1. The molecule has 0 unspecified atom stereocenters. The van der Waals surface area contributed by atoms with Crippen LogP contribution in [0.25, 0.3) is 0 Å². The summed E-state index contributed by atoms with van der Waals surface area (Å²) in [5, 5.41) is 0.961. The maximum atomic E-state index is 11.7. The molecule has 5 heteroatoms. The topological polar surface area (TPSA) is 42.4 Å². The lowest BCUT2D eigenvalue weighted by Crippen LogP contribution is -2.32. The zero-order valence-corrected chi connectivity index (χ0v) is 12.0. The molecule has 2 heterocycles. The van der Waals surface area contributed by atoms with Gasteiger partial charge in [-0.15, -0.1) is 0 Å². The molecule has 0 atom stereocenters. The van der Waals surface area contributed by atoms with Crippen molar-refractivity contribution in [2.45, 2.75) is 33.6 Å². The first kappa shape index (κ1) is 13.3. The van der Waals surface area contributed by atoms with Crippen molar-refractivity contribution in [2.24, 2.45) is 5.92 Å². The normalized spacial score (nSPS) is 16.9. The number of carbonyl (C=O) groups excluding carboxylic acids is 1. The maximum Gasteiger partial charge on any atom is 0.350 e. The molecule has 1 aliphatic rings. The number of hydrogen-bond donors (Lipinski definition) is 0. The molecule has 1 saturated heterocycles. The summed E-state index contributed by atoms with van der Waals surface area (Å²) in [5.74, 6) is 0.552. The summed E-state index contributed by atoms with van der Waals surface area (Å²) in [7, 11) is 0. The van der Waals surface area contributed by atoms with Crippen LogP contribution in [-0.2, 0) is 4.74 Å². The van der Waals surface area contributed by atoms with Crippen molar-refractivity contribution >= 4 is 22.4 Å². The molecule has 0 saturated carbocycles.